The van der Waals surface area contributed by atoms with Crippen LogP contribution in [-0.4, -0.2) is 41.2 Å². The molecule has 1 aromatic carbocycles. The van der Waals surface area contributed by atoms with Gasteiger partial charge in [0.1, 0.15) is 11.9 Å². The van der Waals surface area contributed by atoms with Crippen LogP contribution in [0.5, 0.6) is 5.75 Å². The van der Waals surface area contributed by atoms with Crippen molar-refractivity contribution in [2.24, 2.45) is 11.8 Å². The average molecular weight is 389 g/mol. The average Bonchev–Trinajstić information content (AvgIpc) is 2.69. The van der Waals surface area contributed by atoms with Crippen molar-refractivity contribution < 1.29 is 19.4 Å². The Morgan fingerprint density at radius 1 is 1.21 bits per heavy atom. The van der Waals surface area contributed by atoms with Crippen molar-refractivity contribution in [2.75, 3.05) is 13.1 Å². The molecule has 0 unspecified atom stereocenters. The molecule has 28 heavy (non-hydrogen) atoms. The molecule has 0 spiro atoms. The summed E-state index contributed by atoms with van der Waals surface area (Å²) in [6.45, 7) is 5.63. The first-order valence-electron chi connectivity index (χ1n) is 10.4. The predicted octanol–water partition coefficient (Wildman–Crippen LogP) is 3.74. The van der Waals surface area contributed by atoms with Crippen molar-refractivity contribution in [2.45, 2.75) is 65.0 Å². The third-order valence-corrected chi connectivity index (χ3v) is 6.01. The number of phenolic OH excluding ortho intramolecular Hbond substituents is 1. The lowest BCUT2D eigenvalue weighted by Crippen LogP contribution is -2.44. The number of nitrogens with zero attached hydrogens (tertiary/aromatic N) is 1. The Labute approximate surface area is 167 Å². The van der Waals surface area contributed by atoms with Gasteiger partial charge in [-0.15, -0.1) is 0 Å². The molecule has 0 aromatic heterocycles. The topological polar surface area (TPSA) is 78.9 Å². The van der Waals surface area contributed by atoms with Crippen molar-refractivity contribution in [3.05, 3.63) is 29.3 Å². The number of benzene rings is 1. The highest BCUT2D eigenvalue weighted by atomic mass is 16.6. The fourth-order valence-electron chi connectivity index (χ4n) is 4.19. The van der Waals surface area contributed by atoms with Crippen LogP contribution in [0, 0.1) is 18.8 Å². The molecule has 1 heterocycles. The van der Waals surface area contributed by atoms with E-state index in [0.717, 1.165) is 30.4 Å². The molecule has 1 aromatic rings. The zero-order valence-corrected chi connectivity index (χ0v) is 16.9. The first kappa shape index (κ1) is 20.5. The number of piperidine rings is 1. The molecular formula is C22H32N2O4. The molecule has 1 saturated heterocycles. The molecule has 3 rings (SSSR count). The van der Waals surface area contributed by atoms with E-state index in [9.17, 15) is 14.7 Å². The highest BCUT2D eigenvalue weighted by Crippen LogP contribution is 2.27. The molecular weight excluding hydrogens is 356 g/mol. The predicted molar refractivity (Wildman–Crippen MR) is 107 cm³/mol. The summed E-state index contributed by atoms with van der Waals surface area (Å²) in [7, 11) is 0. The number of rotatable bonds is 4. The van der Waals surface area contributed by atoms with Gasteiger partial charge in [-0.2, -0.15) is 0 Å². The second-order valence-corrected chi connectivity index (χ2v) is 8.38. The van der Waals surface area contributed by atoms with E-state index in [1.807, 2.05) is 19.1 Å². The summed E-state index contributed by atoms with van der Waals surface area (Å²) < 4.78 is 5.69. The summed E-state index contributed by atoms with van der Waals surface area (Å²) in [6.07, 6.45) is 5.42. The lowest BCUT2D eigenvalue weighted by Gasteiger charge is -2.33. The number of amides is 2. The number of carbonyl (C=O) groups excluding carboxylic acids is 2. The largest absolute Gasteiger partial charge is 0.508 e. The summed E-state index contributed by atoms with van der Waals surface area (Å²) in [6, 6.07) is 5.33. The molecule has 2 fully saturated rings. The first-order valence-corrected chi connectivity index (χ1v) is 10.4. The molecule has 6 heteroatoms. The second kappa shape index (κ2) is 9.30. The molecule has 1 aliphatic heterocycles. The summed E-state index contributed by atoms with van der Waals surface area (Å²) in [5.74, 6) is 0.840. The maximum absolute atomic E-state index is 12.5. The van der Waals surface area contributed by atoms with Crippen LogP contribution in [0.25, 0.3) is 0 Å². The molecule has 2 N–H and O–H groups in total. The minimum absolute atomic E-state index is 0.0276. The SMILES string of the molecule is Cc1cc(CNC(=O)C2CCN(C(=O)O[C@@H]3CCC[C@@H](C)C3)CC2)ccc1O. The van der Waals surface area contributed by atoms with E-state index in [4.69, 9.17) is 4.74 Å². The Morgan fingerprint density at radius 3 is 2.64 bits per heavy atom. The quantitative estimate of drug-likeness (QED) is 0.823. The third kappa shape index (κ3) is 5.40. The van der Waals surface area contributed by atoms with Gasteiger partial charge < -0.3 is 20.1 Å². The van der Waals surface area contributed by atoms with Crippen molar-refractivity contribution in [1.82, 2.24) is 10.2 Å². The van der Waals surface area contributed by atoms with Gasteiger partial charge in [0.2, 0.25) is 5.91 Å². The van der Waals surface area contributed by atoms with E-state index in [0.29, 0.717) is 38.4 Å². The van der Waals surface area contributed by atoms with Crippen molar-refractivity contribution in [3.63, 3.8) is 0 Å². The summed E-state index contributed by atoms with van der Waals surface area (Å²) >= 11 is 0. The molecule has 154 valence electrons. The minimum Gasteiger partial charge on any atom is -0.508 e. The normalized spacial score (nSPS) is 23.3. The van der Waals surface area contributed by atoms with Gasteiger partial charge in [0.05, 0.1) is 0 Å². The number of likely N-dealkylation sites (tertiary alicyclic amines) is 1. The molecule has 1 aliphatic carbocycles. The second-order valence-electron chi connectivity index (χ2n) is 8.38. The van der Waals surface area contributed by atoms with Gasteiger partial charge in [0.15, 0.2) is 0 Å². The minimum atomic E-state index is -0.225. The van der Waals surface area contributed by atoms with Gasteiger partial charge in [0.25, 0.3) is 0 Å². The standard InChI is InChI=1S/C22H32N2O4/c1-15-4-3-5-19(12-15)28-22(27)24-10-8-18(9-11-24)21(26)23-14-17-6-7-20(25)16(2)13-17/h6-7,13,15,18-19,25H,3-5,8-12,14H2,1-2H3,(H,23,26)/t15-,19-/m1/s1. The van der Waals surface area contributed by atoms with E-state index in [1.54, 1.807) is 11.0 Å². The molecule has 2 aliphatic rings. The van der Waals surface area contributed by atoms with Gasteiger partial charge >= 0.3 is 6.09 Å². The Morgan fingerprint density at radius 2 is 1.96 bits per heavy atom. The Bertz CT molecular complexity index is 698. The number of hydrogen-bond donors (Lipinski definition) is 2. The van der Waals surface area contributed by atoms with E-state index in [2.05, 4.69) is 12.2 Å². The molecule has 2 atom stereocenters. The summed E-state index contributed by atoms with van der Waals surface area (Å²) in [5, 5.41) is 12.6. The first-order chi connectivity index (χ1) is 13.4. The Hall–Kier alpha value is -2.24. The zero-order valence-electron chi connectivity index (χ0n) is 16.9. The van der Waals surface area contributed by atoms with Gasteiger partial charge in [-0.05, 0) is 62.1 Å². The van der Waals surface area contributed by atoms with Crippen LogP contribution in [0.4, 0.5) is 4.79 Å². The number of phenols is 1. The summed E-state index contributed by atoms with van der Waals surface area (Å²) in [5.41, 5.74) is 1.76. The number of ether oxygens (including phenoxy) is 1. The van der Waals surface area contributed by atoms with Crippen LogP contribution in [0.2, 0.25) is 0 Å². The van der Waals surface area contributed by atoms with Crippen molar-refractivity contribution >= 4 is 12.0 Å². The molecule has 1 saturated carbocycles. The third-order valence-electron chi connectivity index (χ3n) is 6.01. The van der Waals surface area contributed by atoms with Crippen LogP contribution >= 0.6 is 0 Å². The zero-order chi connectivity index (χ0) is 20.1. The fraction of sp³-hybridized carbons (Fsp3) is 0.636. The molecule has 2 amide bonds. The van der Waals surface area contributed by atoms with Crippen molar-refractivity contribution in [3.8, 4) is 5.75 Å². The van der Waals surface area contributed by atoms with Gasteiger partial charge in [-0.1, -0.05) is 25.5 Å². The fourth-order valence-corrected chi connectivity index (χ4v) is 4.19. The lowest BCUT2D eigenvalue weighted by molar-refractivity contribution is -0.126. The van der Waals surface area contributed by atoms with E-state index >= 15 is 0 Å². The maximum atomic E-state index is 12.5. The van der Waals surface area contributed by atoms with Crippen LogP contribution in [0.1, 0.15) is 56.6 Å². The number of aryl methyl sites for hydroxylation is 1. The van der Waals surface area contributed by atoms with Crippen LogP contribution in [0.3, 0.4) is 0 Å². The Balaban J connectivity index is 1.40. The number of aromatic hydroxyl groups is 1. The van der Waals surface area contributed by atoms with Gasteiger partial charge in [-0.3, -0.25) is 4.79 Å². The molecule has 6 nitrogen and oxygen atoms in total. The van der Waals surface area contributed by atoms with Crippen LogP contribution in [0.15, 0.2) is 18.2 Å². The highest BCUT2D eigenvalue weighted by molar-refractivity contribution is 5.79. The number of nitrogens with one attached hydrogen (secondary N) is 1. The van der Waals surface area contributed by atoms with Crippen LogP contribution in [-0.2, 0) is 16.1 Å². The van der Waals surface area contributed by atoms with Crippen molar-refractivity contribution in [1.29, 1.82) is 0 Å². The highest BCUT2D eigenvalue weighted by Gasteiger charge is 2.30. The van der Waals surface area contributed by atoms with Gasteiger partial charge in [0, 0.05) is 25.6 Å². The lowest BCUT2D eigenvalue weighted by atomic mass is 9.89. The number of hydrogen-bond acceptors (Lipinski definition) is 4. The molecule has 0 bridgehead atoms. The van der Waals surface area contributed by atoms with E-state index < -0.39 is 0 Å². The maximum Gasteiger partial charge on any atom is 0.410 e. The smallest absolute Gasteiger partial charge is 0.410 e. The van der Waals surface area contributed by atoms with Crippen LogP contribution < -0.4 is 5.32 Å². The van der Waals surface area contributed by atoms with E-state index in [-0.39, 0.29) is 29.8 Å². The monoisotopic (exact) mass is 388 g/mol. The Kier molecular flexibility index (Phi) is 6.81. The molecule has 0 radical (unpaired) electrons. The number of carbonyl (C=O) groups is 2. The summed E-state index contributed by atoms with van der Waals surface area (Å²) in [4.78, 5) is 26.6. The van der Waals surface area contributed by atoms with Gasteiger partial charge in [-0.25, -0.2) is 4.79 Å². The van der Waals surface area contributed by atoms with E-state index in [1.165, 1.54) is 6.42 Å².